The number of rotatable bonds is 5. The molecule has 2 rings (SSSR count). The lowest BCUT2D eigenvalue weighted by molar-refractivity contribution is 0.0696. The third-order valence-corrected chi connectivity index (χ3v) is 8.44. The average Bonchev–Trinajstić information content (AvgIpc) is 2.54. The standard InChI is InChI=1S/C15H22N2O6S2/c1-11-9-12(6-7-14(11)15(18)19)25(22,23)17-8-4-5-13(10-17)24(20,21)16(2)3/h6-7,9,13H,4-5,8,10H2,1-3H3,(H,18,19). The number of hydrogen-bond donors (Lipinski definition) is 1. The molecule has 0 aromatic heterocycles. The van der Waals surface area contributed by atoms with E-state index in [0.29, 0.717) is 18.4 Å². The lowest BCUT2D eigenvalue weighted by atomic mass is 10.1. The molecule has 0 saturated carbocycles. The Kier molecular flexibility index (Phi) is 5.57. The van der Waals surface area contributed by atoms with Gasteiger partial charge in [0.2, 0.25) is 20.0 Å². The van der Waals surface area contributed by atoms with Gasteiger partial charge in [0, 0.05) is 27.2 Å². The minimum Gasteiger partial charge on any atom is -0.478 e. The molecule has 1 unspecified atom stereocenters. The zero-order chi connectivity index (χ0) is 19.0. The van der Waals surface area contributed by atoms with E-state index in [9.17, 15) is 21.6 Å². The molecule has 0 radical (unpaired) electrons. The molecular weight excluding hydrogens is 368 g/mol. The van der Waals surface area contributed by atoms with Gasteiger partial charge < -0.3 is 5.11 Å². The predicted octanol–water partition coefficient (Wildman–Crippen LogP) is 0.738. The van der Waals surface area contributed by atoms with Gasteiger partial charge in [0.15, 0.2) is 0 Å². The van der Waals surface area contributed by atoms with E-state index in [2.05, 4.69) is 0 Å². The lowest BCUT2D eigenvalue weighted by Gasteiger charge is -2.32. The SMILES string of the molecule is Cc1cc(S(=O)(=O)N2CCCC(S(=O)(=O)N(C)C)C2)ccc1C(=O)O. The van der Waals surface area contributed by atoms with Gasteiger partial charge in [-0.05, 0) is 43.5 Å². The molecule has 0 aliphatic carbocycles. The third-order valence-electron chi connectivity index (χ3n) is 4.34. The zero-order valence-corrected chi connectivity index (χ0v) is 16.0. The number of carboxylic acid groups (broad SMARTS) is 1. The van der Waals surface area contributed by atoms with E-state index in [-0.39, 0.29) is 23.5 Å². The molecule has 1 saturated heterocycles. The van der Waals surface area contributed by atoms with Crippen LogP contribution in [0.2, 0.25) is 0 Å². The van der Waals surface area contributed by atoms with Crippen LogP contribution in [0.15, 0.2) is 23.1 Å². The minimum absolute atomic E-state index is 0.0297. The smallest absolute Gasteiger partial charge is 0.335 e. The topological polar surface area (TPSA) is 112 Å². The van der Waals surface area contributed by atoms with Gasteiger partial charge in [0.05, 0.1) is 15.7 Å². The zero-order valence-electron chi connectivity index (χ0n) is 14.3. The fourth-order valence-electron chi connectivity index (χ4n) is 2.85. The maximum atomic E-state index is 12.8. The van der Waals surface area contributed by atoms with Gasteiger partial charge in [-0.15, -0.1) is 0 Å². The molecule has 140 valence electrons. The van der Waals surface area contributed by atoms with E-state index in [0.717, 1.165) is 8.61 Å². The summed E-state index contributed by atoms with van der Waals surface area (Å²) in [6.45, 7) is 1.65. The molecule has 1 aliphatic heterocycles. The Morgan fingerprint density at radius 1 is 1.24 bits per heavy atom. The Balaban J connectivity index is 2.33. The van der Waals surface area contributed by atoms with Crippen molar-refractivity contribution >= 4 is 26.0 Å². The van der Waals surface area contributed by atoms with Crippen LogP contribution in [0.4, 0.5) is 0 Å². The summed E-state index contributed by atoms with van der Waals surface area (Å²) in [5.41, 5.74) is 0.369. The molecule has 1 N–H and O–H groups in total. The van der Waals surface area contributed by atoms with Gasteiger partial charge in [-0.25, -0.2) is 25.9 Å². The van der Waals surface area contributed by atoms with E-state index >= 15 is 0 Å². The third kappa shape index (κ3) is 3.86. The molecule has 8 nitrogen and oxygen atoms in total. The number of aryl methyl sites for hydroxylation is 1. The van der Waals surface area contributed by atoms with E-state index in [1.165, 1.54) is 39.2 Å². The molecule has 10 heteroatoms. The Hall–Kier alpha value is -1.49. The first-order valence-electron chi connectivity index (χ1n) is 7.73. The van der Waals surface area contributed by atoms with Crippen LogP contribution in [-0.2, 0) is 20.0 Å². The van der Waals surface area contributed by atoms with Crippen molar-refractivity contribution in [2.24, 2.45) is 0 Å². The van der Waals surface area contributed by atoms with Gasteiger partial charge in [-0.2, -0.15) is 4.31 Å². The molecule has 0 bridgehead atoms. The molecule has 0 amide bonds. The quantitative estimate of drug-likeness (QED) is 0.793. The number of sulfonamides is 2. The van der Waals surface area contributed by atoms with Crippen molar-refractivity contribution in [3.05, 3.63) is 29.3 Å². The molecule has 1 aromatic carbocycles. The highest BCUT2D eigenvalue weighted by Crippen LogP contribution is 2.26. The molecule has 1 fully saturated rings. The van der Waals surface area contributed by atoms with Gasteiger partial charge >= 0.3 is 5.97 Å². The van der Waals surface area contributed by atoms with Crippen LogP contribution in [0.25, 0.3) is 0 Å². The molecular formula is C15H22N2O6S2. The second-order valence-corrected chi connectivity index (χ2v) is 10.6. The van der Waals surface area contributed by atoms with Crippen LogP contribution in [0, 0.1) is 6.92 Å². The highest BCUT2D eigenvalue weighted by molar-refractivity contribution is 7.90. The van der Waals surface area contributed by atoms with Crippen LogP contribution in [-0.4, -0.2) is 69.0 Å². The molecule has 1 atom stereocenters. The number of carbonyl (C=O) groups is 1. The first-order valence-corrected chi connectivity index (χ1v) is 10.7. The van der Waals surface area contributed by atoms with Gasteiger partial charge in [0.25, 0.3) is 0 Å². The number of carboxylic acids is 1. The first-order chi connectivity index (χ1) is 11.5. The summed E-state index contributed by atoms with van der Waals surface area (Å²) in [5.74, 6) is -1.13. The number of nitrogens with zero attached hydrogens (tertiary/aromatic N) is 2. The average molecular weight is 390 g/mol. The second-order valence-electron chi connectivity index (χ2n) is 6.24. The number of hydrogen-bond acceptors (Lipinski definition) is 5. The summed E-state index contributed by atoms with van der Waals surface area (Å²) in [6, 6.07) is 3.81. The Bertz CT molecular complexity index is 877. The highest BCUT2D eigenvalue weighted by Gasteiger charge is 2.37. The lowest BCUT2D eigenvalue weighted by Crippen LogP contribution is -2.48. The summed E-state index contributed by atoms with van der Waals surface area (Å²) < 4.78 is 52.6. The van der Waals surface area contributed by atoms with Gasteiger partial charge in [-0.3, -0.25) is 0 Å². The largest absolute Gasteiger partial charge is 0.478 e. The van der Waals surface area contributed by atoms with Gasteiger partial charge in [-0.1, -0.05) is 0 Å². The van der Waals surface area contributed by atoms with Crippen LogP contribution in [0.1, 0.15) is 28.8 Å². The highest BCUT2D eigenvalue weighted by atomic mass is 32.2. The van der Waals surface area contributed by atoms with Crippen LogP contribution in [0.5, 0.6) is 0 Å². The normalized spacial score (nSPS) is 19.9. The van der Waals surface area contributed by atoms with Gasteiger partial charge in [0.1, 0.15) is 0 Å². The van der Waals surface area contributed by atoms with Crippen molar-refractivity contribution in [2.75, 3.05) is 27.2 Å². The summed E-state index contributed by atoms with van der Waals surface area (Å²) in [6.07, 6.45) is 0.854. The van der Waals surface area contributed by atoms with Crippen LogP contribution in [0.3, 0.4) is 0 Å². The van der Waals surface area contributed by atoms with Crippen LogP contribution >= 0.6 is 0 Å². The van der Waals surface area contributed by atoms with Crippen molar-refractivity contribution in [2.45, 2.75) is 29.9 Å². The molecule has 1 aliphatic rings. The fourth-order valence-corrected chi connectivity index (χ4v) is 5.98. The molecule has 0 spiro atoms. The van der Waals surface area contributed by atoms with Crippen molar-refractivity contribution < 1.29 is 26.7 Å². The Morgan fingerprint density at radius 2 is 1.88 bits per heavy atom. The van der Waals surface area contributed by atoms with E-state index in [4.69, 9.17) is 5.11 Å². The van der Waals surface area contributed by atoms with Crippen molar-refractivity contribution in [1.29, 1.82) is 0 Å². The monoisotopic (exact) mass is 390 g/mol. The van der Waals surface area contributed by atoms with Crippen molar-refractivity contribution in [3.8, 4) is 0 Å². The molecule has 1 heterocycles. The maximum absolute atomic E-state index is 12.8. The van der Waals surface area contributed by atoms with E-state index < -0.39 is 31.3 Å². The maximum Gasteiger partial charge on any atom is 0.335 e. The molecule has 1 aromatic rings. The Labute approximate surface area is 148 Å². The first kappa shape index (κ1) is 19.8. The van der Waals surface area contributed by atoms with E-state index in [1.807, 2.05) is 0 Å². The second kappa shape index (κ2) is 7.02. The number of piperidine rings is 1. The summed E-state index contributed by atoms with van der Waals surface area (Å²) >= 11 is 0. The summed E-state index contributed by atoms with van der Waals surface area (Å²) in [4.78, 5) is 11.0. The van der Waals surface area contributed by atoms with Crippen LogP contribution < -0.4 is 0 Å². The molecule has 25 heavy (non-hydrogen) atoms. The minimum atomic E-state index is -3.89. The number of aromatic carboxylic acids is 1. The Morgan fingerprint density at radius 3 is 2.40 bits per heavy atom. The van der Waals surface area contributed by atoms with Crippen molar-refractivity contribution in [1.82, 2.24) is 8.61 Å². The van der Waals surface area contributed by atoms with E-state index in [1.54, 1.807) is 0 Å². The summed E-state index contributed by atoms with van der Waals surface area (Å²) in [7, 11) is -4.59. The predicted molar refractivity (Wildman–Crippen MR) is 92.5 cm³/mol. The van der Waals surface area contributed by atoms with Crippen molar-refractivity contribution in [3.63, 3.8) is 0 Å². The fraction of sp³-hybridized carbons (Fsp3) is 0.533. The summed E-state index contributed by atoms with van der Waals surface area (Å²) in [5, 5.41) is 8.27. The number of benzene rings is 1.